The molecular weight excluding hydrogens is 437 g/mol. The van der Waals surface area contributed by atoms with Gasteiger partial charge in [-0.1, -0.05) is 6.07 Å². The van der Waals surface area contributed by atoms with Gasteiger partial charge in [0.05, 0.1) is 43.5 Å². The number of methoxy groups -OCH3 is 1. The topological polar surface area (TPSA) is 128 Å². The predicted octanol–water partition coefficient (Wildman–Crippen LogP) is 3.42. The van der Waals surface area contributed by atoms with E-state index in [9.17, 15) is 4.39 Å². The Morgan fingerprint density at radius 3 is 2.65 bits per heavy atom. The van der Waals surface area contributed by atoms with E-state index in [-0.39, 0.29) is 17.7 Å². The number of rotatable bonds is 5. The predicted molar refractivity (Wildman–Crippen MR) is 128 cm³/mol. The summed E-state index contributed by atoms with van der Waals surface area (Å²) in [6.07, 6.45) is 1.50. The summed E-state index contributed by atoms with van der Waals surface area (Å²) in [6, 6.07) is 14.1. The van der Waals surface area contributed by atoms with Gasteiger partial charge >= 0.3 is 0 Å². The van der Waals surface area contributed by atoms with Gasteiger partial charge in [-0.15, -0.1) is 0 Å². The highest BCUT2D eigenvalue weighted by Crippen LogP contribution is 2.29. The quantitative estimate of drug-likeness (QED) is 0.386. The van der Waals surface area contributed by atoms with E-state index < -0.39 is 5.82 Å². The van der Waals surface area contributed by atoms with Gasteiger partial charge in [0.15, 0.2) is 0 Å². The van der Waals surface area contributed by atoms with Gasteiger partial charge in [0.2, 0.25) is 5.95 Å². The minimum atomic E-state index is -0.506. The molecule has 1 fully saturated rings. The smallest absolute Gasteiger partial charge is 0.222 e. The van der Waals surface area contributed by atoms with Crippen LogP contribution in [0.2, 0.25) is 0 Å². The van der Waals surface area contributed by atoms with Crippen molar-refractivity contribution in [1.29, 1.82) is 0 Å². The molecule has 1 aliphatic rings. The molecule has 3 heterocycles. The zero-order chi connectivity index (χ0) is 23.7. The minimum absolute atomic E-state index is 0.0782. The number of nitrogens with one attached hydrogen (secondary N) is 1. The minimum Gasteiger partial charge on any atom is -0.497 e. The van der Waals surface area contributed by atoms with Crippen LogP contribution < -0.4 is 21.1 Å². The normalized spacial score (nSPS) is 15.9. The highest BCUT2D eigenvalue weighted by atomic mass is 19.1. The van der Waals surface area contributed by atoms with E-state index in [1.54, 1.807) is 25.4 Å². The molecule has 34 heavy (non-hydrogen) atoms. The van der Waals surface area contributed by atoms with Gasteiger partial charge in [0.25, 0.3) is 0 Å². The van der Waals surface area contributed by atoms with E-state index in [2.05, 4.69) is 24.8 Å². The Labute approximate surface area is 195 Å². The molecule has 1 atom stereocenters. The third-order valence-corrected chi connectivity index (χ3v) is 5.72. The van der Waals surface area contributed by atoms with E-state index in [0.717, 1.165) is 22.8 Å². The van der Waals surface area contributed by atoms with Gasteiger partial charge < -0.3 is 30.8 Å². The summed E-state index contributed by atoms with van der Waals surface area (Å²) in [5.41, 5.74) is 14.6. The van der Waals surface area contributed by atoms with Crippen LogP contribution in [-0.4, -0.2) is 46.7 Å². The monoisotopic (exact) mass is 461 g/mol. The van der Waals surface area contributed by atoms with Crippen molar-refractivity contribution in [3.05, 3.63) is 66.4 Å². The second kappa shape index (κ2) is 8.99. The Bertz CT molecular complexity index is 1310. The lowest BCUT2D eigenvalue weighted by atomic mass is 10.1. The van der Waals surface area contributed by atoms with Crippen molar-refractivity contribution in [1.82, 2.24) is 19.9 Å². The molecule has 2 aromatic carbocycles. The molecule has 1 unspecified atom stereocenters. The van der Waals surface area contributed by atoms with Gasteiger partial charge in [-0.3, -0.25) is 0 Å². The van der Waals surface area contributed by atoms with Crippen molar-refractivity contribution >= 4 is 17.5 Å². The summed E-state index contributed by atoms with van der Waals surface area (Å²) in [6.45, 7) is 1.62. The van der Waals surface area contributed by atoms with Crippen LogP contribution in [0.1, 0.15) is 11.9 Å². The van der Waals surface area contributed by atoms with Crippen LogP contribution in [0, 0.1) is 5.82 Å². The first-order valence-corrected chi connectivity index (χ1v) is 10.8. The molecule has 10 heteroatoms. The largest absolute Gasteiger partial charge is 0.497 e. The molecule has 0 radical (unpaired) electrons. The second-order valence-corrected chi connectivity index (χ2v) is 7.92. The molecule has 0 aliphatic carbocycles. The summed E-state index contributed by atoms with van der Waals surface area (Å²) in [7, 11) is 1.64. The Kier molecular flexibility index (Phi) is 5.72. The van der Waals surface area contributed by atoms with Crippen LogP contribution in [0.4, 0.5) is 21.8 Å². The molecule has 0 saturated carbocycles. The number of aromatic amines is 1. The maximum absolute atomic E-state index is 14.0. The van der Waals surface area contributed by atoms with Crippen LogP contribution in [0.3, 0.4) is 0 Å². The van der Waals surface area contributed by atoms with E-state index in [0.29, 0.717) is 36.8 Å². The molecule has 9 nitrogen and oxygen atoms in total. The SMILES string of the molecule is COc1ccc(-c2cnc(C3CN(c4cc(-c5ccc(N)c(F)c5)nc(N)n4)CCO3)[nH]2)cc1. The number of nitrogen functional groups attached to an aromatic ring is 2. The third kappa shape index (κ3) is 4.35. The number of anilines is 3. The van der Waals surface area contributed by atoms with Gasteiger partial charge in [0.1, 0.15) is 29.3 Å². The fourth-order valence-corrected chi connectivity index (χ4v) is 3.89. The van der Waals surface area contributed by atoms with Crippen LogP contribution in [-0.2, 0) is 4.74 Å². The summed E-state index contributed by atoms with van der Waals surface area (Å²) < 4.78 is 25.2. The van der Waals surface area contributed by atoms with Crippen molar-refractivity contribution in [3.8, 4) is 28.3 Å². The summed E-state index contributed by atoms with van der Waals surface area (Å²) in [4.78, 5) is 18.6. The average Bonchev–Trinajstić information content (AvgIpc) is 3.36. The molecule has 4 aromatic rings. The lowest BCUT2D eigenvalue weighted by molar-refractivity contribution is 0.0343. The summed E-state index contributed by atoms with van der Waals surface area (Å²) in [5, 5.41) is 0. The number of hydrogen-bond donors (Lipinski definition) is 3. The first-order valence-electron chi connectivity index (χ1n) is 10.8. The molecular formula is C24H24FN7O2. The summed E-state index contributed by atoms with van der Waals surface area (Å²) in [5.74, 6) is 1.74. The average molecular weight is 462 g/mol. The van der Waals surface area contributed by atoms with Gasteiger partial charge in [0, 0.05) is 18.2 Å². The first-order chi connectivity index (χ1) is 16.5. The first kappa shape index (κ1) is 21.7. The lowest BCUT2D eigenvalue weighted by Gasteiger charge is -2.33. The van der Waals surface area contributed by atoms with E-state index in [1.807, 2.05) is 24.3 Å². The number of benzene rings is 2. The third-order valence-electron chi connectivity index (χ3n) is 5.72. The maximum atomic E-state index is 14.0. The number of ether oxygens (including phenoxy) is 2. The Morgan fingerprint density at radius 2 is 1.88 bits per heavy atom. The zero-order valence-electron chi connectivity index (χ0n) is 18.5. The number of imidazole rings is 1. The number of nitrogens with two attached hydrogens (primary N) is 2. The number of morpholine rings is 1. The molecule has 5 rings (SSSR count). The Morgan fingerprint density at radius 1 is 1.09 bits per heavy atom. The van der Waals surface area contributed by atoms with Crippen LogP contribution in [0.25, 0.3) is 22.5 Å². The fraction of sp³-hybridized carbons (Fsp3) is 0.208. The maximum Gasteiger partial charge on any atom is 0.222 e. The van der Waals surface area contributed by atoms with Crippen molar-refractivity contribution in [3.63, 3.8) is 0 Å². The lowest BCUT2D eigenvalue weighted by Crippen LogP contribution is -2.39. The second-order valence-electron chi connectivity index (χ2n) is 7.92. The standard InChI is InChI=1S/C24H24FN7O2/c1-33-16-5-2-14(3-6-16)20-12-28-23(29-20)21-13-32(8-9-34-21)22-11-19(30-24(27)31-22)15-4-7-18(26)17(25)10-15/h2-7,10-12,21H,8-9,13,26H2,1H3,(H,28,29)(H2,27,30,31). The van der Waals surface area contributed by atoms with Gasteiger partial charge in [-0.05, 0) is 42.0 Å². The van der Waals surface area contributed by atoms with E-state index >= 15 is 0 Å². The summed E-state index contributed by atoms with van der Waals surface area (Å²) >= 11 is 0. The highest BCUT2D eigenvalue weighted by molar-refractivity contribution is 5.67. The highest BCUT2D eigenvalue weighted by Gasteiger charge is 2.26. The molecule has 0 spiro atoms. The van der Waals surface area contributed by atoms with E-state index in [1.165, 1.54) is 12.1 Å². The Balaban J connectivity index is 1.37. The molecule has 0 amide bonds. The number of hydrogen-bond acceptors (Lipinski definition) is 8. The molecule has 174 valence electrons. The zero-order valence-corrected chi connectivity index (χ0v) is 18.5. The molecule has 0 bridgehead atoms. The fourth-order valence-electron chi connectivity index (χ4n) is 3.89. The molecule has 1 aliphatic heterocycles. The molecule has 2 aromatic heterocycles. The van der Waals surface area contributed by atoms with Crippen molar-refractivity contribution in [2.24, 2.45) is 0 Å². The number of H-pyrrole nitrogens is 1. The number of nitrogens with zero attached hydrogens (tertiary/aromatic N) is 4. The number of aromatic nitrogens is 4. The van der Waals surface area contributed by atoms with Crippen molar-refractivity contribution in [2.45, 2.75) is 6.10 Å². The van der Waals surface area contributed by atoms with Crippen LogP contribution in [0.5, 0.6) is 5.75 Å². The number of halogens is 1. The van der Waals surface area contributed by atoms with Gasteiger partial charge in [-0.25, -0.2) is 14.4 Å². The molecule has 5 N–H and O–H groups in total. The Hall–Kier alpha value is -4.18. The van der Waals surface area contributed by atoms with Crippen LogP contribution >= 0.6 is 0 Å². The molecule has 1 saturated heterocycles. The van der Waals surface area contributed by atoms with Crippen LogP contribution in [0.15, 0.2) is 54.7 Å². The van der Waals surface area contributed by atoms with Crippen molar-refractivity contribution in [2.75, 3.05) is 43.2 Å². The van der Waals surface area contributed by atoms with Gasteiger partial charge in [-0.2, -0.15) is 4.98 Å². The van der Waals surface area contributed by atoms with E-state index in [4.69, 9.17) is 20.9 Å². The van der Waals surface area contributed by atoms with Crippen molar-refractivity contribution < 1.29 is 13.9 Å².